The maximum atomic E-state index is 10.7. The summed E-state index contributed by atoms with van der Waals surface area (Å²) in [5.74, 6) is -0.921. The largest absolute Gasteiger partial charge is 0.480 e. The Labute approximate surface area is 155 Å². The minimum atomic E-state index is -0.921. The van der Waals surface area contributed by atoms with Crippen molar-refractivity contribution in [2.75, 3.05) is 0 Å². The Bertz CT molecular complexity index is 297. The second-order valence-electron chi connectivity index (χ2n) is 7.48. The van der Waals surface area contributed by atoms with Crippen molar-refractivity contribution in [3.8, 4) is 0 Å². The van der Waals surface area contributed by atoms with Crippen molar-refractivity contribution in [1.29, 1.82) is 0 Å². The van der Waals surface area contributed by atoms with E-state index in [0.717, 1.165) is 12.8 Å². The van der Waals surface area contributed by atoms with E-state index in [1.54, 1.807) is 6.92 Å². The molecule has 0 amide bonds. The van der Waals surface area contributed by atoms with Gasteiger partial charge in [0.05, 0.1) is 0 Å². The molecule has 150 valence electrons. The molecule has 0 saturated carbocycles. The van der Waals surface area contributed by atoms with E-state index in [1.165, 1.54) is 83.5 Å². The standard InChI is InChI=1S/C21H43NO3/c1-3-4-5-6-7-8-9-10-11-12-13-14-15-16-17-18-20(23)22-19(2)21(24)25/h19-20,22-23H,3-18H2,1-2H3,(H,24,25). The summed E-state index contributed by atoms with van der Waals surface area (Å²) in [6.45, 7) is 3.82. The van der Waals surface area contributed by atoms with Crippen molar-refractivity contribution in [3.63, 3.8) is 0 Å². The number of nitrogens with one attached hydrogen (secondary N) is 1. The molecular formula is C21H43NO3. The molecule has 0 aromatic carbocycles. The van der Waals surface area contributed by atoms with Gasteiger partial charge in [-0.05, 0) is 19.8 Å². The second-order valence-corrected chi connectivity index (χ2v) is 7.48. The van der Waals surface area contributed by atoms with Crippen LogP contribution >= 0.6 is 0 Å². The quantitative estimate of drug-likeness (QED) is 0.207. The fourth-order valence-corrected chi connectivity index (χ4v) is 3.15. The molecule has 0 aliphatic heterocycles. The van der Waals surface area contributed by atoms with Gasteiger partial charge < -0.3 is 10.2 Å². The summed E-state index contributed by atoms with van der Waals surface area (Å²) in [6.07, 6.45) is 19.8. The minimum absolute atomic E-state index is 0.635. The van der Waals surface area contributed by atoms with Crippen LogP contribution in [0.3, 0.4) is 0 Å². The number of carboxylic acid groups (broad SMARTS) is 1. The first-order chi connectivity index (χ1) is 12.1. The van der Waals surface area contributed by atoms with E-state index in [2.05, 4.69) is 12.2 Å². The van der Waals surface area contributed by atoms with Crippen molar-refractivity contribution < 1.29 is 15.0 Å². The summed E-state index contributed by atoms with van der Waals surface area (Å²) in [7, 11) is 0. The zero-order valence-electron chi connectivity index (χ0n) is 16.8. The van der Waals surface area contributed by atoms with Crippen LogP contribution in [0.15, 0.2) is 0 Å². The molecular weight excluding hydrogens is 314 g/mol. The van der Waals surface area contributed by atoms with Gasteiger partial charge in [0.25, 0.3) is 0 Å². The van der Waals surface area contributed by atoms with Crippen molar-refractivity contribution in [2.24, 2.45) is 0 Å². The maximum Gasteiger partial charge on any atom is 0.320 e. The van der Waals surface area contributed by atoms with Gasteiger partial charge in [0.1, 0.15) is 12.3 Å². The predicted octanol–water partition coefficient (Wildman–Crippen LogP) is 5.63. The highest BCUT2D eigenvalue weighted by molar-refractivity contribution is 5.72. The molecule has 0 spiro atoms. The van der Waals surface area contributed by atoms with Crippen LogP contribution in [0.2, 0.25) is 0 Å². The number of aliphatic hydroxyl groups excluding tert-OH is 1. The van der Waals surface area contributed by atoms with Gasteiger partial charge in [0.2, 0.25) is 0 Å². The van der Waals surface area contributed by atoms with Crippen molar-refractivity contribution in [2.45, 2.75) is 129 Å². The predicted molar refractivity (Wildman–Crippen MR) is 106 cm³/mol. The lowest BCUT2D eigenvalue weighted by Crippen LogP contribution is -2.41. The van der Waals surface area contributed by atoms with E-state index < -0.39 is 18.2 Å². The van der Waals surface area contributed by atoms with Crippen LogP contribution in [0.5, 0.6) is 0 Å². The maximum absolute atomic E-state index is 10.7. The van der Waals surface area contributed by atoms with Gasteiger partial charge in [-0.25, -0.2) is 0 Å². The van der Waals surface area contributed by atoms with E-state index in [1.807, 2.05) is 0 Å². The lowest BCUT2D eigenvalue weighted by Gasteiger charge is -2.15. The molecule has 4 nitrogen and oxygen atoms in total. The van der Waals surface area contributed by atoms with Gasteiger partial charge in [-0.15, -0.1) is 0 Å². The van der Waals surface area contributed by atoms with E-state index in [4.69, 9.17) is 5.11 Å². The Morgan fingerprint density at radius 3 is 1.48 bits per heavy atom. The molecule has 0 bridgehead atoms. The van der Waals surface area contributed by atoms with Crippen molar-refractivity contribution in [3.05, 3.63) is 0 Å². The Hall–Kier alpha value is -0.610. The number of aliphatic carboxylic acids is 1. The summed E-state index contributed by atoms with van der Waals surface area (Å²) in [6, 6.07) is -0.689. The SMILES string of the molecule is CCCCCCCCCCCCCCCCCC(O)NC(C)C(=O)O. The smallest absolute Gasteiger partial charge is 0.320 e. The molecule has 0 heterocycles. The molecule has 0 aromatic rings. The van der Waals surface area contributed by atoms with Crippen LogP contribution in [-0.2, 0) is 4.79 Å². The minimum Gasteiger partial charge on any atom is -0.480 e. The van der Waals surface area contributed by atoms with Gasteiger partial charge in [-0.3, -0.25) is 10.1 Å². The Balaban J connectivity index is 3.17. The summed E-state index contributed by atoms with van der Waals surface area (Å²) >= 11 is 0. The average molecular weight is 358 g/mol. The lowest BCUT2D eigenvalue weighted by atomic mass is 10.0. The highest BCUT2D eigenvalue weighted by atomic mass is 16.4. The Morgan fingerprint density at radius 2 is 1.12 bits per heavy atom. The zero-order chi connectivity index (χ0) is 18.8. The number of hydrogen-bond donors (Lipinski definition) is 3. The van der Waals surface area contributed by atoms with E-state index in [0.29, 0.717) is 6.42 Å². The fraction of sp³-hybridized carbons (Fsp3) is 0.952. The van der Waals surface area contributed by atoms with Gasteiger partial charge >= 0.3 is 5.97 Å². The highest BCUT2D eigenvalue weighted by Crippen LogP contribution is 2.13. The third-order valence-corrected chi connectivity index (χ3v) is 4.89. The van der Waals surface area contributed by atoms with E-state index >= 15 is 0 Å². The molecule has 0 aliphatic carbocycles. The third-order valence-electron chi connectivity index (χ3n) is 4.89. The number of aliphatic hydroxyl groups is 1. The molecule has 0 aliphatic rings. The summed E-state index contributed by atoms with van der Waals surface area (Å²) in [5, 5.41) is 21.1. The topological polar surface area (TPSA) is 69.6 Å². The molecule has 0 saturated heterocycles. The number of carboxylic acids is 1. The molecule has 0 rings (SSSR count). The van der Waals surface area contributed by atoms with E-state index in [9.17, 15) is 9.90 Å². The van der Waals surface area contributed by atoms with Crippen LogP contribution in [0.25, 0.3) is 0 Å². The number of unbranched alkanes of at least 4 members (excludes halogenated alkanes) is 14. The van der Waals surface area contributed by atoms with Crippen LogP contribution in [0.4, 0.5) is 0 Å². The van der Waals surface area contributed by atoms with Crippen LogP contribution in [0, 0.1) is 0 Å². The van der Waals surface area contributed by atoms with Crippen LogP contribution in [-0.4, -0.2) is 28.5 Å². The number of carbonyl (C=O) groups is 1. The zero-order valence-corrected chi connectivity index (χ0v) is 16.8. The molecule has 0 radical (unpaired) electrons. The fourth-order valence-electron chi connectivity index (χ4n) is 3.15. The Morgan fingerprint density at radius 1 is 0.760 bits per heavy atom. The first kappa shape index (κ1) is 24.4. The van der Waals surface area contributed by atoms with E-state index in [-0.39, 0.29) is 0 Å². The first-order valence-electron chi connectivity index (χ1n) is 10.7. The van der Waals surface area contributed by atoms with Crippen molar-refractivity contribution >= 4 is 5.97 Å². The molecule has 0 aromatic heterocycles. The normalized spacial score (nSPS) is 13.7. The Kier molecular flexibility index (Phi) is 17.7. The summed E-state index contributed by atoms with van der Waals surface area (Å²) < 4.78 is 0. The lowest BCUT2D eigenvalue weighted by molar-refractivity contribution is -0.140. The summed E-state index contributed by atoms with van der Waals surface area (Å²) in [5.41, 5.74) is 0. The molecule has 25 heavy (non-hydrogen) atoms. The number of rotatable bonds is 19. The van der Waals surface area contributed by atoms with Crippen LogP contribution in [0.1, 0.15) is 117 Å². The average Bonchev–Trinajstić information content (AvgIpc) is 2.58. The highest BCUT2D eigenvalue weighted by Gasteiger charge is 2.14. The van der Waals surface area contributed by atoms with Gasteiger partial charge in [-0.1, -0.05) is 96.8 Å². The summed E-state index contributed by atoms with van der Waals surface area (Å²) in [4.78, 5) is 10.7. The molecule has 2 unspecified atom stereocenters. The first-order valence-corrected chi connectivity index (χ1v) is 10.7. The third kappa shape index (κ3) is 18.0. The molecule has 0 fully saturated rings. The monoisotopic (exact) mass is 357 g/mol. The number of hydrogen-bond acceptors (Lipinski definition) is 3. The van der Waals surface area contributed by atoms with Gasteiger partial charge in [0, 0.05) is 0 Å². The van der Waals surface area contributed by atoms with Gasteiger partial charge in [-0.2, -0.15) is 0 Å². The van der Waals surface area contributed by atoms with Crippen LogP contribution < -0.4 is 5.32 Å². The second kappa shape index (κ2) is 18.2. The van der Waals surface area contributed by atoms with Gasteiger partial charge in [0.15, 0.2) is 0 Å². The molecule has 3 N–H and O–H groups in total. The molecule has 2 atom stereocenters. The molecule has 4 heteroatoms. The van der Waals surface area contributed by atoms with Crippen molar-refractivity contribution in [1.82, 2.24) is 5.32 Å².